The number of nitrogens with one attached hydrogen (secondary N) is 1. The number of hydrogen-bond donors (Lipinski definition) is 1. The number of sulfonamides is 1. The zero-order chi connectivity index (χ0) is 14.6. The van der Waals surface area contributed by atoms with Gasteiger partial charge in [-0.1, -0.05) is 12.1 Å². The Hall–Kier alpha value is -0.920. The Morgan fingerprint density at radius 3 is 2.55 bits per heavy atom. The number of carbonyl (C=O) groups excluding carboxylic acids is 1. The highest BCUT2D eigenvalue weighted by Crippen LogP contribution is 2.15. The molecule has 5 nitrogen and oxygen atoms in total. The third-order valence-corrected chi connectivity index (χ3v) is 5.79. The zero-order valence-corrected chi connectivity index (χ0v) is 13.4. The van der Waals surface area contributed by atoms with Crippen molar-refractivity contribution < 1.29 is 13.2 Å². The van der Waals surface area contributed by atoms with Crippen LogP contribution in [-0.4, -0.2) is 44.0 Å². The maximum absolute atomic E-state index is 12.0. The molecule has 1 fully saturated rings. The second kappa shape index (κ2) is 6.69. The van der Waals surface area contributed by atoms with E-state index in [0.29, 0.717) is 23.1 Å². The lowest BCUT2D eigenvalue weighted by atomic mass is 10.2. The van der Waals surface area contributed by atoms with E-state index in [-0.39, 0.29) is 18.2 Å². The molecule has 20 heavy (non-hydrogen) atoms. The second-order valence-electron chi connectivity index (χ2n) is 4.66. The summed E-state index contributed by atoms with van der Waals surface area (Å²) in [6.07, 6.45) is 1.84. The molecule has 0 spiro atoms. The van der Waals surface area contributed by atoms with Crippen LogP contribution in [0.25, 0.3) is 0 Å². The summed E-state index contributed by atoms with van der Waals surface area (Å²) in [6, 6.07) is 7.05. The van der Waals surface area contributed by atoms with Gasteiger partial charge in [-0.25, -0.2) is 12.7 Å². The molecule has 0 atom stereocenters. The van der Waals surface area contributed by atoms with E-state index in [4.69, 9.17) is 0 Å². The van der Waals surface area contributed by atoms with E-state index in [9.17, 15) is 13.2 Å². The average molecular weight is 361 g/mol. The molecule has 0 radical (unpaired) electrons. The number of hydrogen-bond acceptors (Lipinski definition) is 3. The fraction of sp³-hybridized carbons (Fsp3) is 0.462. The smallest absolute Gasteiger partial charge is 0.252 e. The zero-order valence-electron chi connectivity index (χ0n) is 11.0. The summed E-state index contributed by atoms with van der Waals surface area (Å²) in [5.41, 5.74) is 0.506. The highest BCUT2D eigenvalue weighted by Gasteiger charge is 2.24. The molecule has 1 saturated heterocycles. The van der Waals surface area contributed by atoms with Gasteiger partial charge in [0.2, 0.25) is 10.0 Å². The monoisotopic (exact) mass is 360 g/mol. The normalized spacial score (nSPS) is 16.2. The van der Waals surface area contributed by atoms with Crippen LogP contribution in [-0.2, 0) is 10.0 Å². The van der Waals surface area contributed by atoms with Gasteiger partial charge in [0.25, 0.3) is 5.91 Å². The first-order valence-corrected chi connectivity index (χ1v) is 8.91. The molecule has 2 rings (SSSR count). The van der Waals surface area contributed by atoms with E-state index in [1.54, 1.807) is 18.2 Å². The molecular weight excluding hydrogens is 344 g/mol. The van der Waals surface area contributed by atoms with Gasteiger partial charge in [-0.05, 0) is 40.9 Å². The first kappa shape index (κ1) is 15.5. The molecule has 0 aromatic heterocycles. The first-order valence-electron chi connectivity index (χ1n) is 6.51. The number of halogens is 1. The Kier molecular flexibility index (Phi) is 5.17. The Morgan fingerprint density at radius 1 is 1.25 bits per heavy atom. The van der Waals surface area contributed by atoms with E-state index in [0.717, 1.165) is 12.8 Å². The van der Waals surface area contributed by atoms with Gasteiger partial charge in [-0.2, -0.15) is 0 Å². The maximum Gasteiger partial charge on any atom is 0.252 e. The maximum atomic E-state index is 12.0. The van der Waals surface area contributed by atoms with Crippen LogP contribution >= 0.6 is 15.9 Å². The van der Waals surface area contributed by atoms with Crippen LogP contribution < -0.4 is 5.32 Å². The van der Waals surface area contributed by atoms with Gasteiger partial charge in [0.15, 0.2) is 0 Å². The van der Waals surface area contributed by atoms with E-state index in [2.05, 4.69) is 21.2 Å². The van der Waals surface area contributed by atoms with E-state index >= 15 is 0 Å². The van der Waals surface area contributed by atoms with Gasteiger partial charge < -0.3 is 5.32 Å². The Morgan fingerprint density at radius 2 is 1.90 bits per heavy atom. The minimum Gasteiger partial charge on any atom is -0.351 e. The molecule has 1 aliphatic rings. The average Bonchev–Trinajstić information content (AvgIpc) is 2.93. The second-order valence-corrected chi connectivity index (χ2v) is 7.60. The summed E-state index contributed by atoms with van der Waals surface area (Å²) in [7, 11) is -3.24. The van der Waals surface area contributed by atoms with Gasteiger partial charge in [0.1, 0.15) is 0 Å². The molecule has 1 aliphatic heterocycles. The number of rotatable bonds is 5. The van der Waals surface area contributed by atoms with E-state index < -0.39 is 10.0 Å². The molecule has 0 unspecified atom stereocenters. The van der Waals surface area contributed by atoms with Crippen molar-refractivity contribution in [2.45, 2.75) is 12.8 Å². The lowest BCUT2D eigenvalue weighted by Gasteiger charge is -2.15. The van der Waals surface area contributed by atoms with Gasteiger partial charge in [-0.15, -0.1) is 0 Å². The number of amides is 1. The van der Waals surface area contributed by atoms with Crippen LogP contribution in [0.2, 0.25) is 0 Å². The number of benzene rings is 1. The lowest BCUT2D eigenvalue weighted by Crippen LogP contribution is -2.36. The summed E-state index contributed by atoms with van der Waals surface area (Å²) in [4.78, 5) is 11.9. The minimum atomic E-state index is -3.24. The summed E-state index contributed by atoms with van der Waals surface area (Å²) in [6.45, 7) is 1.32. The minimum absolute atomic E-state index is 0.0524. The predicted molar refractivity (Wildman–Crippen MR) is 81.1 cm³/mol. The molecule has 7 heteroatoms. The fourth-order valence-corrected chi connectivity index (χ4v) is 4.03. The topological polar surface area (TPSA) is 66.5 Å². The SMILES string of the molecule is O=C(NCCS(=O)(=O)N1CCCC1)c1ccccc1Br. The van der Waals surface area contributed by atoms with E-state index in [1.165, 1.54) is 4.31 Å². The van der Waals surface area contributed by atoms with Gasteiger partial charge in [0, 0.05) is 24.1 Å². The van der Waals surface area contributed by atoms with Gasteiger partial charge in [0.05, 0.1) is 11.3 Å². The molecule has 1 N–H and O–H groups in total. The molecule has 0 bridgehead atoms. The van der Waals surface area contributed by atoms with Crippen molar-refractivity contribution in [2.75, 3.05) is 25.4 Å². The van der Waals surface area contributed by atoms with Crippen molar-refractivity contribution in [2.24, 2.45) is 0 Å². The highest BCUT2D eigenvalue weighted by atomic mass is 79.9. The van der Waals surface area contributed by atoms with Gasteiger partial charge >= 0.3 is 0 Å². The highest BCUT2D eigenvalue weighted by molar-refractivity contribution is 9.10. The van der Waals surface area contributed by atoms with Crippen LogP contribution in [0.4, 0.5) is 0 Å². The van der Waals surface area contributed by atoms with E-state index in [1.807, 2.05) is 6.07 Å². The summed E-state index contributed by atoms with van der Waals surface area (Å²) < 4.78 is 26.2. The van der Waals surface area contributed by atoms with Crippen molar-refractivity contribution in [1.29, 1.82) is 0 Å². The van der Waals surface area contributed by atoms with Crippen LogP contribution in [0, 0.1) is 0 Å². The number of carbonyl (C=O) groups is 1. The van der Waals surface area contributed by atoms with Crippen LogP contribution in [0.5, 0.6) is 0 Å². The lowest BCUT2D eigenvalue weighted by molar-refractivity contribution is 0.0955. The molecule has 1 amide bonds. The van der Waals surface area contributed by atoms with Gasteiger partial charge in [-0.3, -0.25) is 4.79 Å². The standard InChI is InChI=1S/C13H17BrN2O3S/c14-12-6-2-1-5-11(12)13(17)15-7-10-20(18,19)16-8-3-4-9-16/h1-2,5-6H,3-4,7-10H2,(H,15,17). The molecule has 1 aromatic rings. The quantitative estimate of drug-likeness (QED) is 0.867. The van der Waals surface area contributed by atoms with Crippen molar-refractivity contribution in [3.05, 3.63) is 34.3 Å². The summed E-state index contributed by atoms with van der Waals surface area (Å²) >= 11 is 3.29. The van der Waals surface area contributed by atoms with Crippen LogP contribution in [0.3, 0.4) is 0 Å². The molecular formula is C13H17BrN2O3S. The van der Waals surface area contributed by atoms with Crippen molar-refractivity contribution in [3.8, 4) is 0 Å². The molecule has 1 heterocycles. The molecule has 0 saturated carbocycles. The Balaban J connectivity index is 1.87. The van der Waals surface area contributed by atoms with Crippen LogP contribution in [0.1, 0.15) is 23.2 Å². The molecule has 1 aromatic carbocycles. The third-order valence-electron chi connectivity index (χ3n) is 3.22. The van der Waals surface area contributed by atoms with Crippen molar-refractivity contribution in [3.63, 3.8) is 0 Å². The Bertz CT molecular complexity index is 583. The fourth-order valence-electron chi connectivity index (χ4n) is 2.13. The summed E-state index contributed by atoms with van der Waals surface area (Å²) in [5.74, 6) is -0.322. The summed E-state index contributed by atoms with van der Waals surface area (Å²) in [5, 5.41) is 2.64. The predicted octanol–water partition coefficient (Wildman–Crippen LogP) is 1.60. The van der Waals surface area contributed by atoms with Crippen LogP contribution in [0.15, 0.2) is 28.7 Å². The molecule has 110 valence electrons. The molecule has 0 aliphatic carbocycles. The first-order chi connectivity index (χ1) is 9.50. The Labute approximate surface area is 127 Å². The number of nitrogens with zero attached hydrogens (tertiary/aromatic N) is 1. The van der Waals surface area contributed by atoms with Crippen molar-refractivity contribution in [1.82, 2.24) is 9.62 Å². The largest absolute Gasteiger partial charge is 0.351 e. The third kappa shape index (κ3) is 3.80. The van der Waals surface area contributed by atoms with Crippen molar-refractivity contribution >= 4 is 31.9 Å².